The summed E-state index contributed by atoms with van der Waals surface area (Å²) in [5.41, 5.74) is 0.865. The van der Waals surface area contributed by atoms with E-state index in [9.17, 15) is 4.79 Å². The second-order valence-electron chi connectivity index (χ2n) is 6.15. The van der Waals surface area contributed by atoms with Gasteiger partial charge < -0.3 is 9.64 Å². The molecule has 0 unspecified atom stereocenters. The van der Waals surface area contributed by atoms with Gasteiger partial charge in [0.15, 0.2) is 0 Å². The highest BCUT2D eigenvalue weighted by Crippen LogP contribution is 2.13. The smallest absolute Gasteiger partial charge is 0.410 e. The van der Waals surface area contributed by atoms with Crippen molar-refractivity contribution in [3.05, 3.63) is 35.9 Å². The highest BCUT2D eigenvalue weighted by molar-refractivity contribution is 5.68. The third-order valence-electron chi connectivity index (χ3n) is 3.22. The van der Waals surface area contributed by atoms with Crippen molar-refractivity contribution in [3.63, 3.8) is 0 Å². The van der Waals surface area contributed by atoms with Gasteiger partial charge in [-0.3, -0.25) is 4.90 Å². The van der Waals surface area contributed by atoms with Gasteiger partial charge in [-0.1, -0.05) is 24.3 Å². The minimum atomic E-state index is -0.422. The number of benzene rings is 1. The monoisotopic (exact) mass is 275 g/mol. The molecule has 0 spiro atoms. The fourth-order valence-electron chi connectivity index (χ4n) is 2.20. The lowest BCUT2D eigenvalue weighted by molar-refractivity contribution is 0.0139. The first kappa shape index (κ1) is 14.9. The number of piperazine rings is 1. The molecule has 20 heavy (non-hydrogen) atoms. The van der Waals surface area contributed by atoms with Gasteiger partial charge in [0, 0.05) is 32.7 Å². The van der Waals surface area contributed by atoms with Gasteiger partial charge in [0.05, 0.1) is 0 Å². The Bertz CT molecular complexity index is 432. The SMILES string of the molecule is CC(C)(C)OC(=O)N1CCN(Cc2cc[c]cc2)CC1. The second-order valence-corrected chi connectivity index (χ2v) is 6.15. The minimum Gasteiger partial charge on any atom is -0.444 e. The zero-order valence-electron chi connectivity index (χ0n) is 12.6. The molecule has 0 aliphatic carbocycles. The predicted octanol–water partition coefficient (Wildman–Crippen LogP) is 2.54. The Kier molecular flexibility index (Phi) is 4.65. The lowest BCUT2D eigenvalue weighted by Gasteiger charge is -2.35. The molecule has 2 rings (SSSR count). The highest BCUT2D eigenvalue weighted by atomic mass is 16.6. The van der Waals surface area contributed by atoms with Crippen LogP contribution in [0.4, 0.5) is 4.79 Å². The first-order chi connectivity index (χ1) is 9.44. The molecular formula is C16H23N2O2. The highest BCUT2D eigenvalue weighted by Gasteiger charge is 2.25. The van der Waals surface area contributed by atoms with Crippen molar-refractivity contribution in [2.75, 3.05) is 26.2 Å². The maximum atomic E-state index is 12.0. The zero-order chi connectivity index (χ0) is 14.6. The van der Waals surface area contributed by atoms with Crippen molar-refractivity contribution in [1.82, 2.24) is 9.80 Å². The topological polar surface area (TPSA) is 32.8 Å². The zero-order valence-corrected chi connectivity index (χ0v) is 12.6. The Morgan fingerprint density at radius 3 is 2.35 bits per heavy atom. The summed E-state index contributed by atoms with van der Waals surface area (Å²) in [6.07, 6.45) is -0.202. The van der Waals surface area contributed by atoms with E-state index in [1.165, 1.54) is 5.56 Å². The van der Waals surface area contributed by atoms with Crippen LogP contribution in [-0.2, 0) is 11.3 Å². The van der Waals surface area contributed by atoms with Crippen LogP contribution in [0, 0.1) is 6.07 Å². The third kappa shape index (κ3) is 4.53. The maximum Gasteiger partial charge on any atom is 0.410 e. The molecule has 0 aromatic heterocycles. The fourth-order valence-corrected chi connectivity index (χ4v) is 2.20. The molecule has 1 saturated heterocycles. The number of ether oxygens (including phenoxy) is 1. The average Bonchev–Trinajstić information content (AvgIpc) is 2.39. The van der Waals surface area contributed by atoms with Gasteiger partial charge in [-0.05, 0) is 32.4 Å². The second kappa shape index (κ2) is 6.27. The van der Waals surface area contributed by atoms with Crippen LogP contribution in [0.2, 0.25) is 0 Å². The van der Waals surface area contributed by atoms with Crippen molar-refractivity contribution in [1.29, 1.82) is 0 Å². The molecule has 0 bridgehead atoms. The summed E-state index contributed by atoms with van der Waals surface area (Å²) in [7, 11) is 0. The summed E-state index contributed by atoms with van der Waals surface area (Å²) < 4.78 is 5.40. The molecule has 1 radical (unpaired) electrons. The molecule has 1 aromatic carbocycles. The van der Waals surface area contributed by atoms with Gasteiger partial charge >= 0.3 is 6.09 Å². The van der Waals surface area contributed by atoms with Crippen LogP contribution in [-0.4, -0.2) is 47.7 Å². The van der Waals surface area contributed by atoms with Crippen molar-refractivity contribution < 1.29 is 9.53 Å². The Balaban J connectivity index is 1.79. The average molecular weight is 275 g/mol. The predicted molar refractivity (Wildman–Crippen MR) is 78.4 cm³/mol. The van der Waals surface area contributed by atoms with E-state index in [1.807, 2.05) is 32.9 Å². The number of carbonyl (C=O) groups is 1. The van der Waals surface area contributed by atoms with Crippen LogP contribution >= 0.6 is 0 Å². The summed E-state index contributed by atoms with van der Waals surface area (Å²) >= 11 is 0. The van der Waals surface area contributed by atoms with Gasteiger partial charge in [-0.2, -0.15) is 0 Å². The first-order valence-electron chi connectivity index (χ1n) is 7.09. The van der Waals surface area contributed by atoms with Gasteiger partial charge in [0.25, 0.3) is 0 Å². The third-order valence-corrected chi connectivity index (χ3v) is 3.22. The lowest BCUT2D eigenvalue weighted by atomic mass is 10.2. The molecule has 1 fully saturated rings. The molecule has 109 valence electrons. The van der Waals surface area contributed by atoms with Crippen molar-refractivity contribution >= 4 is 6.09 Å². The standard InChI is InChI=1S/C16H23N2O2/c1-16(2,3)20-15(19)18-11-9-17(10-12-18)13-14-7-5-4-6-8-14/h5-8H,9-13H2,1-3H3. The van der Waals surface area contributed by atoms with E-state index in [2.05, 4.69) is 23.1 Å². The van der Waals surface area contributed by atoms with Crippen LogP contribution < -0.4 is 0 Å². The Morgan fingerprint density at radius 1 is 1.20 bits per heavy atom. The van der Waals surface area contributed by atoms with Gasteiger partial charge in [-0.15, -0.1) is 0 Å². The quantitative estimate of drug-likeness (QED) is 0.831. The molecule has 1 aromatic rings. The van der Waals surface area contributed by atoms with Gasteiger partial charge in [0.1, 0.15) is 5.60 Å². The number of amides is 1. The number of rotatable bonds is 2. The molecule has 1 heterocycles. The number of hydrogen-bond donors (Lipinski definition) is 0. The molecule has 0 saturated carbocycles. The largest absolute Gasteiger partial charge is 0.444 e. The number of carbonyl (C=O) groups excluding carboxylic acids is 1. The van der Waals surface area contributed by atoms with Crippen LogP contribution in [0.25, 0.3) is 0 Å². The van der Waals surface area contributed by atoms with Gasteiger partial charge in [-0.25, -0.2) is 4.79 Å². The summed E-state index contributed by atoms with van der Waals surface area (Å²) in [4.78, 5) is 16.1. The first-order valence-corrected chi connectivity index (χ1v) is 7.09. The molecule has 4 nitrogen and oxygen atoms in total. The number of hydrogen-bond acceptors (Lipinski definition) is 3. The summed E-state index contributed by atoms with van der Waals surface area (Å²) in [6, 6.07) is 11.1. The molecule has 1 amide bonds. The summed E-state index contributed by atoms with van der Waals surface area (Å²) in [5.74, 6) is 0. The Morgan fingerprint density at radius 2 is 1.80 bits per heavy atom. The molecule has 1 aliphatic heterocycles. The molecule has 1 aliphatic rings. The summed E-state index contributed by atoms with van der Waals surface area (Å²) in [6.45, 7) is 9.85. The summed E-state index contributed by atoms with van der Waals surface area (Å²) in [5, 5.41) is 0. The van der Waals surface area contributed by atoms with E-state index in [1.54, 1.807) is 4.90 Å². The number of nitrogens with zero attached hydrogens (tertiary/aromatic N) is 2. The van der Waals surface area contributed by atoms with Crippen LogP contribution in [0.15, 0.2) is 24.3 Å². The van der Waals surface area contributed by atoms with Crippen LogP contribution in [0.3, 0.4) is 0 Å². The Hall–Kier alpha value is -1.55. The van der Waals surface area contributed by atoms with E-state index in [0.717, 1.165) is 32.7 Å². The lowest BCUT2D eigenvalue weighted by Crippen LogP contribution is -2.49. The Labute approximate surface area is 121 Å². The van der Waals surface area contributed by atoms with E-state index in [0.29, 0.717) is 0 Å². The molecule has 0 atom stereocenters. The van der Waals surface area contributed by atoms with Crippen molar-refractivity contribution in [2.24, 2.45) is 0 Å². The van der Waals surface area contributed by atoms with E-state index < -0.39 is 5.60 Å². The van der Waals surface area contributed by atoms with E-state index >= 15 is 0 Å². The van der Waals surface area contributed by atoms with Gasteiger partial charge in [0.2, 0.25) is 0 Å². The van der Waals surface area contributed by atoms with Crippen molar-refractivity contribution in [3.8, 4) is 0 Å². The minimum absolute atomic E-state index is 0.202. The molecular weight excluding hydrogens is 252 g/mol. The normalized spacial score (nSPS) is 17.1. The van der Waals surface area contributed by atoms with Crippen LogP contribution in [0.1, 0.15) is 26.3 Å². The maximum absolute atomic E-state index is 12.0. The van der Waals surface area contributed by atoms with Crippen molar-refractivity contribution in [2.45, 2.75) is 32.9 Å². The van der Waals surface area contributed by atoms with E-state index in [-0.39, 0.29) is 6.09 Å². The molecule has 4 heteroatoms. The van der Waals surface area contributed by atoms with Crippen LogP contribution in [0.5, 0.6) is 0 Å². The molecule has 0 N–H and O–H groups in total. The fraction of sp³-hybridized carbons (Fsp3) is 0.562. The van der Waals surface area contributed by atoms with E-state index in [4.69, 9.17) is 4.74 Å².